The predicted octanol–water partition coefficient (Wildman–Crippen LogP) is 4.41. The number of benzene rings is 1. The topological polar surface area (TPSA) is 32.8 Å². The molecule has 1 spiro atoms. The number of hydrogen-bond acceptors (Lipinski definition) is 4. The average Bonchev–Trinajstić information content (AvgIpc) is 2.88. The predicted molar refractivity (Wildman–Crippen MR) is 111 cm³/mol. The van der Waals surface area contributed by atoms with Crippen molar-refractivity contribution in [2.24, 2.45) is 5.41 Å². The zero-order chi connectivity index (χ0) is 19.6. The van der Waals surface area contributed by atoms with E-state index in [-0.39, 0.29) is 24.7 Å². The number of rotatable bonds is 4. The van der Waals surface area contributed by atoms with E-state index in [0.29, 0.717) is 0 Å². The number of ether oxygens (including phenoxy) is 1. The molecule has 1 aromatic rings. The van der Waals surface area contributed by atoms with Crippen molar-refractivity contribution in [3.8, 4) is 0 Å². The molecule has 1 aromatic carbocycles. The Morgan fingerprint density at radius 3 is 2.64 bits per heavy atom. The molecule has 0 N–H and O–H groups in total. The van der Waals surface area contributed by atoms with Gasteiger partial charge >= 0.3 is 5.97 Å². The van der Waals surface area contributed by atoms with Gasteiger partial charge in [0.1, 0.15) is 11.9 Å². The molecule has 0 aromatic heterocycles. The van der Waals surface area contributed by atoms with Gasteiger partial charge in [-0.2, -0.15) is 0 Å². The van der Waals surface area contributed by atoms with E-state index in [1.54, 1.807) is 0 Å². The lowest BCUT2D eigenvalue weighted by Gasteiger charge is -2.36. The average molecular weight is 389 g/mol. The molecule has 2 atom stereocenters. The molecule has 154 valence electrons. The Kier molecular flexibility index (Phi) is 5.72. The van der Waals surface area contributed by atoms with Crippen LogP contribution in [0.2, 0.25) is 0 Å². The van der Waals surface area contributed by atoms with Gasteiger partial charge < -0.3 is 9.64 Å². The molecule has 2 heterocycles. The molecule has 0 bridgehead atoms. The largest absolute Gasteiger partial charge is 0.462 e. The molecule has 4 nitrogen and oxygen atoms in total. The molecule has 2 saturated heterocycles. The van der Waals surface area contributed by atoms with Crippen LogP contribution in [0.4, 0.5) is 10.1 Å². The lowest BCUT2D eigenvalue weighted by molar-refractivity contribution is -0.149. The van der Waals surface area contributed by atoms with Crippen LogP contribution in [0.5, 0.6) is 0 Å². The molecule has 3 aliphatic rings. The highest BCUT2D eigenvalue weighted by Gasteiger charge is 2.48. The molecule has 3 fully saturated rings. The van der Waals surface area contributed by atoms with Gasteiger partial charge in [-0.1, -0.05) is 12.2 Å². The summed E-state index contributed by atoms with van der Waals surface area (Å²) in [5.41, 5.74) is 2.13. The van der Waals surface area contributed by atoms with Crippen LogP contribution in [0.3, 0.4) is 0 Å². The summed E-state index contributed by atoms with van der Waals surface area (Å²) in [6.45, 7) is 8.96. The lowest BCUT2D eigenvalue weighted by atomic mass is 9.77. The molecule has 0 radical (unpaired) electrons. The van der Waals surface area contributed by atoms with E-state index in [0.717, 1.165) is 83.4 Å². The fraction of sp³-hybridized carbons (Fsp3) is 0.609. The van der Waals surface area contributed by atoms with Crippen LogP contribution in [0.1, 0.15) is 46.4 Å². The number of nitrogens with zero attached hydrogens (tertiary/aromatic N) is 2. The summed E-state index contributed by atoms with van der Waals surface area (Å²) < 4.78 is 18.9. The van der Waals surface area contributed by atoms with Crippen LogP contribution in [0.15, 0.2) is 36.4 Å². The van der Waals surface area contributed by atoms with Crippen molar-refractivity contribution in [1.29, 1.82) is 0 Å². The SMILES string of the molecule is C=C1CCCC2(CC1)C[C@H](CCN1CCN(c3ccc(F)cc3)CC1)OC2=O.[HH]. The molecule has 1 aliphatic carbocycles. The molecule has 4 rings (SSSR count). The van der Waals surface area contributed by atoms with E-state index in [1.165, 1.54) is 17.7 Å². The molecule has 0 amide bonds. The Bertz CT molecular complexity index is 718. The van der Waals surface area contributed by atoms with Crippen LogP contribution in [0.25, 0.3) is 0 Å². The zero-order valence-electron chi connectivity index (χ0n) is 16.7. The van der Waals surface area contributed by atoms with Gasteiger partial charge in [-0.15, -0.1) is 0 Å². The van der Waals surface area contributed by atoms with Crippen LogP contribution < -0.4 is 4.90 Å². The summed E-state index contributed by atoms with van der Waals surface area (Å²) in [5, 5.41) is 0. The van der Waals surface area contributed by atoms with Gasteiger partial charge in [0, 0.05) is 46.3 Å². The Balaban J connectivity index is 0.00000240. The molecule has 1 saturated carbocycles. The summed E-state index contributed by atoms with van der Waals surface area (Å²) in [6.07, 6.45) is 6.82. The minimum atomic E-state index is -0.245. The van der Waals surface area contributed by atoms with Gasteiger partial charge in [-0.3, -0.25) is 9.69 Å². The van der Waals surface area contributed by atoms with E-state index in [1.807, 2.05) is 12.1 Å². The Hall–Kier alpha value is -1.88. The fourth-order valence-electron chi connectivity index (χ4n) is 4.96. The zero-order valence-corrected chi connectivity index (χ0v) is 16.7. The first-order valence-electron chi connectivity index (χ1n) is 10.6. The second-order valence-corrected chi connectivity index (χ2v) is 8.71. The number of cyclic esters (lactones) is 1. The van der Waals surface area contributed by atoms with Crippen molar-refractivity contribution in [2.75, 3.05) is 37.6 Å². The van der Waals surface area contributed by atoms with Crippen LogP contribution in [-0.4, -0.2) is 49.7 Å². The van der Waals surface area contributed by atoms with Crippen molar-refractivity contribution in [1.82, 2.24) is 4.90 Å². The number of hydrogen-bond donors (Lipinski definition) is 0. The van der Waals surface area contributed by atoms with Gasteiger partial charge in [0.25, 0.3) is 0 Å². The van der Waals surface area contributed by atoms with Crippen molar-refractivity contribution in [3.63, 3.8) is 0 Å². The first-order valence-corrected chi connectivity index (χ1v) is 10.6. The molecular formula is C23H33FN2O2. The summed E-state index contributed by atoms with van der Waals surface area (Å²) in [6, 6.07) is 6.75. The van der Waals surface area contributed by atoms with E-state index >= 15 is 0 Å². The number of carbonyl (C=O) groups excluding carboxylic acids is 1. The second kappa shape index (κ2) is 8.24. The number of piperazine rings is 1. The summed E-state index contributed by atoms with van der Waals surface area (Å²) >= 11 is 0. The quantitative estimate of drug-likeness (QED) is 0.565. The standard InChI is InChI=1S/C23H31FN2O2.H2/c1-18-3-2-10-23(11-8-18)17-21(28-22(23)27)9-12-25-13-15-26(16-14-25)20-6-4-19(24)5-7-20;/h4-7,21H,1-3,8-17H2;1H/t21-,23?;/m0./s1. The van der Waals surface area contributed by atoms with E-state index in [4.69, 9.17) is 4.74 Å². The van der Waals surface area contributed by atoms with Gasteiger partial charge in [0.15, 0.2) is 0 Å². The molecule has 28 heavy (non-hydrogen) atoms. The van der Waals surface area contributed by atoms with Gasteiger partial charge in [0.05, 0.1) is 5.41 Å². The van der Waals surface area contributed by atoms with Gasteiger partial charge in [-0.25, -0.2) is 4.39 Å². The van der Waals surface area contributed by atoms with Gasteiger partial charge in [0.2, 0.25) is 0 Å². The van der Waals surface area contributed by atoms with Crippen LogP contribution >= 0.6 is 0 Å². The minimum Gasteiger partial charge on any atom is -0.462 e. The Labute approximate surface area is 168 Å². The van der Waals surface area contributed by atoms with Crippen molar-refractivity contribution in [3.05, 3.63) is 42.2 Å². The number of anilines is 1. The normalized spacial score (nSPS) is 29.2. The van der Waals surface area contributed by atoms with Crippen molar-refractivity contribution >= 4 is 11.7 Å². The Morgan fingerprint density at radius 1 is 1.14 bits per heavy atom. The highest BCUT2D eigenvalue weighted by molar-refractivity contribution is 5.79. The number of esters is 1. The number of carbonyl (C=O) groups is 1. The lowest BCUT2D eigenvalue weighted by Crippen LogP contribution is -2.47. The molecule has 2 aliphatic heterocycles. The monoisotopic (exact) mass is 388 g/mol. The van der Waals surface area contributed by atoms with Crippen molar-refractivity contribution < 1.29 is 15.3 Å². The maximum Gasteiger partial charge on any atom is 0.312 e. The van der Waals surface area contributed by atoms with E-state index in [9.17, 15) is 9.18 Å². The third kappa shape index (κ3) is 4.24. The summed E-state index contributed by atoms with van der Waals surface area (Å²) in [7, 11) is 0. The highest BCUT2D eigenvalue weighted by Crippen LogP contribution is 2.46. The third-order valence-corrected chi connectivity index (χ3v) is 6.80. The summed E-state index contributed by atoms with van der Waals surface area (Å²) in [4.78, 5) is 17.4. The Morgan fingerprint density at radius 2 is 1.89 bits per heavy atom. The maximum absolute atomic E-state index is 13.1. The second-order valence-electron chi connectivity index (χ2n) is 8.71. The highest BCUT2D eigenvalue weighted by atomic mass is 19.1. The van der Waals surface area contributed by atoms with E-state index < -0.39 is 0 Å². The molecule has 5 heteroatoms. The smallest absolute Gasteiger partial charge is 0.312 e. The third-order valence-electron chi connectivity index (χ3n) is 6.80. The number of allylic oxidation sites excluding steroid dienone is 1. The maximum atomic E-state index is 13.1. The van der Waals surface area contributed by atoms with E-state index in [2.05, 4.69) is 16.4 Å². The minimum absolute atomic E-state index is 0. The van der Waals surface area contributed by atoms with Crippen LogP contribution in [-0.2, 0) is 9.53 Å². The fourth-order valence-corrected chi connectivity index (χ4v) is 4.96. The molecule has 1 unspecified atom stereocenters. The first-order chi connectivity index (χ1) is 13.5. The van der Waals surface area contributed by atoms with Crippen LogP contribution in [0, 0.1) is 11.2 Å². The van der Waals surface area contributed by atoms with Crippen molar-refractivity contribution in [2.45, 2.75) is 51.0 Å². The first kappa shape index (κ1) is 19.4. The van der Waals surface area contributed by atoms with Gasteiger partial charge in [-0.05, 0) is 62.8 Å². The number of halogens is 1. The summed E-state index contributed by atoms with van der Waals surface area (Å²) in [5.74, 6) is -0.155. The molecular weight excluding hydrogens is 355 g/mol.